The van der Waals surface area contributed by atoms with E-state index in [0.717, 1.165) is 0 Å². The largest absolute Gasteiger partial charge is 0.497 e. The zero-order valence-electron chi connectivity index (χ0n) is 16.4. The maximum atomic E-state index is 13.3. The Morgan fingerprint density at radius 2 is 1.43 bits per heavy atom. The topological polar surface area (TPSA) is 72.9 Å². The van der Waals surface area contributed by atoms with Crippen LogP contribution in [-0.2, 0) is 9.84 Å². The van der Waals surface area contributed by atoms with Gasteiger partial charge < -0.3 is 14.4 Å². The molecule has 0 radical (unpaired) electrons. The molecule has 0 saturated heterocycles. The van der Waals surface area contributed by atoms with Crippen molar-refractivity contribution in [3.05, 3.63) is 89.5 Å². The van der Waals surface area contributed by atoms with E-state index in [1.165, 1.54) is 26.5 Å². The lowest BCUT2D eigenvalue weighted by Crippen LogP contribution is -2.25. The van der Waals surface area contributed by atoms with Gasteiger partial charge in [-0.3, -0.25) is 4.79 Å². The summed E-state index contributed by atoms with van der Waals surface area (Å²) in [4.78, 5) is 14.6. The Morgan fingerprint density at radius 3 is 2.07 bits per heavy atom. The smallest absolute Gasteiger partial charge is 0.214 e. The van der Waals surface area contributed by atoms with Gasteiger partial charge in [-0.15, -0.1) is 0 Å². The van der Waals surface area contributed by atoms with Crippen molar-refractivity contribution in [3.8, 4) is 11.5 Å². The van der Waals surface area contributed by atoms with Crippen molar-refractivity contribution in [3.63, 3.8) is 0 Å². The van der Waals surface area contributed by atoms with Crippen LogP contribution in [0.1, 0.15) is 10.4 Å². The van der Waals surface area contributed by atoms with Gasteiger partial charge in [0.05, 0.1) is 30.5 Å². The first-order chi connectivity index (χ1) is 14.5. The summed E-state index contributed by atoms with van der Waals surface area (Å²) in [6, 6.07) is 20.1. The maximum Gasteiger partial charge on any atom is 0.214 e. The standard InChI is InChI=1S/C23H19NO5S/c1-28-18-12-17(13-19(14-18)29-2)24-15-22(23(25)16-8-4-3-5-9-16)30(26,27)21-11-7-6-10-20(21)24/h3-15H,1-2H3. The third-order valence-corrected chi connectivity index (χ3v) is 6.62. The number of ether oxygens (including phenoxy) is 2. The van der Waals surface area contributed by atoms with Gasteiger partial charge in [0.25, 0.3) is 0 Å². The highest BCUT2D eigenvalue weighted by Crippen LogP contribution is 2.42. The van der Waals surface area contributed by atoms with E-state index in [1.54, 1.807) is 71.6 Å². The molecule has 6 nitrogen and oxygen atoms in total. The van der Waals surface area contributed by atoms with Crippen molar-refractivity contribution >= 4 is 27.0 Å². The Labute approximate surface area is 174 Å². The second kappa shape index (κ2) is 7.68. The molecule has 0 aliphatic carbocycles. The number of hydrogen-bond acceptors (Lipinski definition) is 6. The number of benzene rings is 3. The van der Waals surface area contributed by atoms with Crippen molar-refractivity contribution in [1.29, 1.82) is 0 Å². The molecular weight excluding hydrogens is 402 g/mol. The normalized spacial score (nSPS) is 14.5. The fourth-order valence-electron chi connectivity index (χ4n) is 3.32. The minimum Gasteiger partial charge on any atom is -0.497 e. The van der Waals surface area contributed by atoms with Gasteiger partial charge in [-0.25, -0.2) is 8.42 Å². The molecule has 0 atom stereocenters. The van der Waals surface area contributed by atoms with Crippen molar-refractivity contribution in [2.24, 2.45) is 0 Å². The van der Waals surface area contributed by atoms with E-state index < -0.39 is 15.6 Å². The van der Waals surface area contributed by atoms with E-state index in [0.29, 0.717) is 28.4 Å². The summed E-state index contributed by atoms with van der Waals surface area (Å²) in [7, 11) is -0.925. The van der Waals surface area contributed by atoms with E-state index in [1.807, 2.05) is 0 Å². The second-order valence-electron chi connectivity index (χ2n) is 6.60. The van der Waals surface area contributed by atoms with Crippen LogP contribution in [0.2, 0.25) is 0 Å². The molecule has 0 fully saturated rings. The molecule has 7 heteroatoms. The number of para-hydroxylation sites is 1. The van der Waals surface area contributed by atoms with Crippen LogP contribution >= 0.6 is 0 Å². The number of sulfone groups is 1. The second-order valence-corrected chi connectivity index (χ2v) is 8.49. The molecule has 3 aromatic rings. The van der Waals surface area contributed by atoms with Gasteiger partial charge in [-0.2, -0.15) is 0 Å². The number of carbonyl (C=O) groups is 1. The Morgan fingerprint density at radius 1 is 0.833 bits per heavy atom. The van der Waals surface area contributed by atoms with Crippen LogP contribution < -0.4 is 14.4 Å². The number of allylic oxidation sites excluding steroid dienone is 1. The minimum atomic E-state index is -4.00. The summed E-state index contributed by atoms with van der Waals surface area (Å²) in [6.07, 6.45) is 1.36. The Hall–Kier alpha value is -3.58. The number of ketones is 1. The van der Waals surface area contributed by atoms with E-state index >= 15 is 0 Å². The van der Waals surface area contributed by atoms with E-state index in [-0.39, 0.29) is 9.80 Å². The number of Topliss-reactive ketones (excluding diaryl/α,β-unsaturated/α-hetero) is 1. The first-order valence-electron chi connectivity index (χ1n) is 9.13. The van der Waals surface area contributed by atoms with Crippen molar-refractivity contribution in [1.82, 2.24) is 0 Å². The van der Waals surface area contributed by atoms with E-state index in [2.05, 4.69) is 0 Å². The van der Waals surface area contributed by atoms with E-state index in [4.69, 9.17) is 9.47 Å². The zero-order valence-corrected chi connectivity index (χ0v) is 17.2. The van der Waals surface area contributed by atoms with Crippen LogP contribution in [0.3, 0.4) is 0 Å². The summed E-state index contributed by atoms with van der Waals surface area (Å²) in [6.45, 7) is 0. The molecule has 0 amide bonds. The van der Waals surface area contributed by atoms with Crippen molar-refractivity contribution < 1.29 is 22.7 Å². The predicted molar refractivity (Wildman–Crippen MR) is 114 cm³/mol. The number of methoxy groups -OCH3 is 2. The van der Waals surface area contributed by atoms with Gasteiger partial charge in [0.15, 0.2) is 0 Å². The number of anilines is 2. The number of carbonyl (C=O) groups excluding carboxylic acids is 1. The summed E-state index contributed by atoms with van der Waals surface area (Å²) < 4.78 is 37.3. The van der Waals surface area contributed by atoms with E-state index in [9.17, 15) is 13.2 Å². The molecule has 1 heterocycles. The quantitative estimate of drug-likeness (QED) is 0.570. The Bertz CT molecular complexity index is 1230. The number of fused-ring (bicyclic) bond motifs is 1. The van der Waals surface area contributed by atoms with Gasteiger partial charge in [-0.1, -0.05) is 42.5 Å². The fourth-order valence-corrected chi connectivity index (χ4v) is 4.86. The van der Waals surface area contributed by atoms with Gasteiger partial charge in [0.2, 0.25) is 15.6 Å². The van der Waals surface area contributed by atoms with Crippen LogP contribution in [0.4, 0.5) is 11.4 Å². The first kappa shape index (κ1) is 19.7. The van der Waals surface area contributed by atoms with Gasteiger partial charge in [0, 0.05) is 30.0 Å². The maximum absolute atomic E-state index is 13.3. The molecule has 1 aliphatic heterocycles. The number of rotatable bonds is 5. The highest BCUT2D eigenvalue weighted by atomic mass is 32.2. The monoisotopic (exact) mass is 421 g/mol. The highest BCUT2D eigenvalue weighted by Gasteiger charge is 2.36. The molecule has 0 spiro atoms. The van der Waals surface area contributed by atoms with Crippen LogP contribution in [-0.4, -0.2) is 28.4 Å². The molecule has 1 aliphatic rings. The van der Waals surface area contributed by atoms with Crippen molar-refractivity contribution in [2.75, 3.05) is 19.1 Å². The van der Waals surface area contributed by atoms with Gasteiger partial charge in [-0.05, 0) is 12.1 Å². The average Bonchev–Trinajstić information content (AvgIpc) is 2.79. The molecule has 0 aromatic heterocycles. The van der Waals surface area contributed by atoms with Gasteiger partial charge >= 0.3 is 0 Å². The van der Waals surface area contributed by atoms with Crippen molar-refractivity contribution in [2.45, 2.75) is 4.90 Å². The molecule has 3 aromatic carbocycles. The molecule has 0 saturated carbocycles. The van der Waals surface area contributed by atoms with Crippen LogP contribution in [0.15, 0.2) is 88.8 Å². The third-order valence-electron chi connectivity index (χ3n) is 4.82. The SMILES string of the molecule is COc1cc(OC)cc(N2C=C(C(=O)c3ccccc3)S(=O)(=O)c3ccccc32)c1. The summed E-state index contributed by atoms with van der Waals surface area (Å²) in [5, 5.41) is 0. The fraction of sp³-hybridized carbons (Fsp3) is 0.0870. The molecule has 30 heavy (non-hydrogen) atoms. The molecule has 152 valence electrons. The van der Waals surface area contributed by atoms with Crippen LogP contribution in [0.5, 0.6) is 11.5 Å². The Kier molecular flexibility index (Phi) is 5.05. The number of nitrogens with zero attached hydrogens (tertiary/aromatic N) is 1. The molecule has 4 rings (SSSR count). The number of hydrogen-bond donors (Lipinski definition) is 0. The molecule has 0 N–H and O–H groups in total. The minimum absolute atomic E-state index is 0.0635. The van der Waals surface area contributed by atoms with Crippen LogP contribution in [0.25, 0.3) is 0 Å². The summed E-state index contributed by atoms with van der Waals surface area (Å²) in [5.41, 5.74) is 1.35. The lowest BCUT2D eigenvalue weighted by molar-refractivity contribution is 0.104. The average molecular weight is 421 g/mol. The summed E-state index contributed by atoms with van der Waals surface area (Å²) >= 11 is 0. The molecule has 0 bridgehead atoms. The molecule has 0 unspecified atom stereocenters. The summed E-state index contributed by atoms with van der Waals surface area (Å²) in [5.74, 6) is 0.518. The lowest BCUT2D eigenvalue weighted by Gasteiger charge is -2.29. The predicted octanol–water partition coefficient (Wildman–Crippen LogP) is 4.35. The molecular formula is C23H19NO5S. The lowest BCUT2D eigenvalue weighted by atomic mass is 10.1. The highest BCUT2D eigenvalue weighted by molar-refractivity contribution is 7.96. The zero-order chi connectivity index (χ0) is 21.3. The third kappa shape index (κ3) is 3.33. The Balaban J connectivity index is 1.95. The first-order valence-corrected chi connectivity index (χ1v) is 10.6. The van der Waals surface area contributed by atoms with Gasteiger partial charge in [0.1, 0.15) is 16.4 Å². The van der Waals surface area contributed by atoms with Crippen LogP contribution in [0, 0.1) is 0 Å².